The van der Waals surface area contributed by atoms with Gasteiger partial charge in [-0.2, -0.15) is 0 Å². The van der Waals surface area contributed by atoms with Crippen LogP contribution in [0.4, 0.5) is 21.0 Å². The van der Waals surface area contributed by atoms with E-state index in [1.807, 2.05) is 24.3 Å². The molecule has 0 saturated carbocycles. The van der Waals surface area contributed by atoms with Gasteiger partial charge in [0.1, 0.15) is 29.6 Å². The molecule has 2 aromatic rings. The number of alkyl halides is 2. The Morgan fingerprint density at radius 1 is 0.822 bits per heavy atom. The van der Waals surface area contributed by atoms with Gasteiger partial charge in [0, 0.05) is 30.2 Å². The fourth-order valence-corrected chi connectivity index (χ4v) is 4.77. The molecule has 13 heteroatoms. The zero-order valence-corrected chi connectivity index (χ0v) is 29.8. The molecule has 0 aliphatic carbocycles. The van der Waals surface area contributed by atoms with E-state index in [1.54, 1.807) is 53.7 Å². The van der Waals surface area contributed by atoms with Crippen LogP contribution in [0.1, 0.15) is 59.9 Å². The van der Waals surface area contributed by atoms with Crippen molar-refractivity contribution >= 4 is 67.4 Å². The number of benzene rings is 2. The topological polar surface area (TPSA) is 132 Å². The number of carbonyl (C=O) groups excluding carboxylic acids is 4. The third-order valence-corrected chi connectivity index (χ3v) is 6.44. The first-order chi connectivity index (χ1) is 21.1. The molecule has 0 radical (unpaired) electrons. The van der Waals surface area contributed by atoms with Gasteiger partial charge in [-0.15, -0.1) is 0 Å². The monoisotopic (exact) mass is 755 g/mol. The molecule has 0 heterocycles. The summed E-state index contributed by atoms with van der Waals surface area (Å²) in [6.07, 6.45) is -1.65. The van der Waals surface area contributed by atoms with Crippen LogP contribution in [0.3, 0.4) is 0 Å². The summed E-state index contributed by atoms with van der Waals surface area (Å²) in [5.41, 5.74) is 0.697. The molecule has 0 fully saturated rings. The number of anilines is 2. The van der Waals surface area contributed by atoms with Crippen LogP contribution < -0.4 is 20.3 Å². The third-order valence-electron chi connectivity index (χ3n) is 5.73. The summed E-state index contributed by atoms with van der Waals surface area (Å²) in [6.45, 7) is 11.8. The van der Waals surface area contributed by atoms with E-state index in [0.29, 0.717) is 11.3 Å². The molecule has 45 heavy (non-hydrogen) atoms. The van der Waals surface area contributed by atoms with Gasteiger partial charge in [0.05, 0.1) is 11.4 Å². The molecule has 0 bridgehead atoms. The van der Waals surface area contributed by atoms with E-state index in [4.69, 9.17) is 18.9 Å². The maximum Gasteiger partial charge on any atom is 0.413 e. The second-order valence-electron chi connectivity index (χ2n) is 12.0. The van der Waals surface area contributed by atoms with Crippen LogP contribution in [-0.2, 0) is 30.4 Å². The lowest BCUT2D eigenvalue weighted by Gasteiger charge is -2.25. The zero-order valence-electron chi connectivity index (χ0n) is 26.6. The van der Waals surface area contributed by atoms with Gasteiger partial charge in [-0.25, -0.2) is 14.4 Å². The van der Waals surface area contributed by atoms with E-state index in [0.717, 1.165) is 29.4 Å². The minimum Gasteiger partial charge on any atom is -0.460 e. The molecule has 2 N–H and O–H groups in total. The van der Waals surface area contributed by atoms with E-state index in [-0.39, 0.29) is 25.2 Å². The van der Waals surface area contributed by atoms with Gasteiger partial charge < -0.3 is 29.2 Å². The molecule has 2 amide bonds. The first-order valence-electron chi connectivity index (χ1n) is 14.5. The molecule has 0 aliphatic rings. The van der Waals surface area contributed by atoms with Gasteiger partial charge in [0.25, 0.3) is 0 Å². The zero-order chi connectivity index (χ0) is 33.6. The largest absolute Gasteiger partial charge is 0.460 e. The Balaban J connectivity index is 1.96. The second kappa shape index (κ2) is 18.0. The summed E-state index contributed by atoms with van der Waals surface area (Å²) in [4.78, 5) is 52.3. The van der Waals surface area contributed by atoms with E-state index in [9.17, 15) is 19.2 Å². The van der Waals surface area contributed by atoms with Crippen LogP contribution in [0.2, 0.25) is 0 Å². The summed E-state index contributed by atoms with van der Waals surface area (Å²) >= 11 is 6.94. The van der Waals surface area contributed by atoms with E-state index >= 15 is 0 Å². The summed E-state index contributed by atoms with van der Waals surface area (Å²) in [5.74, 6) is -1.01. The van der Waals surface area contributed by atoms with Crippen molar-refractivity contribution < 1.29 is 38.1 Å². The van der Waals surface area contributed by atoms with Crippen molar-refractivity contribution in [2.45, 2.75) is 78.2 Å². The van der Waals surface area contributed by atoms with Crippen LogP contribution in [0.15, 0.2) is 48.5 Å². The lowest BCUT2D eigenvalue weighted by Crippen LogP contribution is -2.45. The van der Waals surface area contributed by atoms with Crippen molar-refractivity contribution in [1.82, 2.24) is 5.32 Å². The number of amides is 2. The summed E-state index contributed by atoms with van der Waals surface area (Å²) < 4.78 is 21.5. The van der Waals surface area contributed by atoms with Gasteiger partial charge in [0.2, 0.25) is 0 Å². The molecule has 0 spiro atoms. The maximum absolute atomic E-state index is 12.7. The Hall–Kier alpha value is -3.32. The number of hydrogen-bond acceptors (Lipinski definition) is 9. The van der Waals surface area contributed by atoms with Crippen molar-refractivity contribution in [3.63, 3.8) is 0 Å². The normalized spacial score (nSPS) is 12.0. The number of ether oxygens (including phenoxy) is 4. The predicted molar refractivity (Wildman–Crippen MR) is 180 cm³/mol. The molecule has 0 unspecified atom stereocenters. The lowest BCUT2D eigenvalue weighted by atomic mass is 10.1. The standard InChI is InChI=1S/C32H43Br2N3O8/c1-31(2,3)44-27(38)16-15-25(28(39)45-32(4,5)6)36-30(41)43-23-13-11-22(12-14-23)21-42-29(40)35-24-9-7-8-10-26(24)37(19-17-33)20-18-34/h7-14,25H,15-21H2,1-6H3,(H,35,40)(H,36,41)/t25-/m0/s1. The second-order valence-corrected chi connectivity index (χ2v) is 13.6. The number of carbonyl (C=O) groups is 4. The highest BCUT2D eigenvalue weighted by molar-refractivity contribution is 9.09. The molecule has 11 nitrogen and oxygen atoms in total. The van der Waals surface area contributed by atoms with Crippen molar-refractivity contribution in [2.75, 3.05) is 34.0 Å². The minimum absolute atomic E-state index is 0.0155. The lowest BCUT2D eigenvalue weighted by molar-refractivity contribution is -0.158. The average Bonchev–Trinajstić information content (AvgIpc) is 2.93. The molecule has 2 rings (SSSR count). The molecule has 248 valence electrons. The first-order valence-corrected chi connectivity index (χ1v) is 16.8. The Bertz CT molecular complexity index is 1270. The smallest absolute Gasteiger partial charge is 0.413 e. The molecular weight excluding hydrogens is 714 g/mol. The van der Waals surface area contributed by atoms with E-state index < -0.39 is 41.4 Å². The average molecular weight is 758 g/mol. The maximum atomic E-state index is 12.7. The quantitative estimate of drug-likeness (QED) is 0.119. The summed E-state index contributed by atoms with van der Waals surface area (Å²) in [7, 11) is 0. The van der Waals surface area contributed by atoms with Gasteiger partial charge in [-0.3, -0.25) is 10.1 Å². The molecule has 2 aromatic carbocycles. The Labute approximate surface area is 281 Å². The van der Waals surface area contributed by atoms with E-state index in [2.05, 4.69) is 47.4 Å². The van der Waals surface area contributed by atoms with Crippen molar-refractivity contribution in [3.05, 3.63) is 54.1 Å². The number of para-hydroxylation sites is 2. The van der Waals surface area contributed by atoms with Crippen LogP contribution in [0, 0.1) is 0 Å². The SMILES string of the molecule is CC(C)(C)OC(=O)CC[C@H](NC(=O)Oc1ccc(COC(=O)Nc2ccccc2N(CCBr)CCBr)cc1)C(=O)OC(C)(C)C. The number of hydrogen-bond donors (Lipinski definition) is 2. The number of rotatable bonds is 14. The van der Waals surface area contributed by atoms with Gasteiger partial charge in [0.15, 0.2) is 0 Å². The van der Waals surface area contributed by atoms with Gasteiger partial charge >= 0.3 is 24.1 Å². The fourth-order valence-electron chi connectivity index (χ4n) is 3.92. The first kappa shape index (κ1) is 37.9. The van der Waals surface area contributed by atoms with Crippen molar-refractivity contribution in [3.8, 4) is 5.75 Å². The van der Waals surface area contributed by atoms with Gasteiger partial charge in [-0.1, -0.05) is 56.1 Å². The predicted octanol–water partition coefficient (Wildman–Crippen LogP) is 6.95. The molecule has 1 atom stereocenters. The van der Waals surface area contributed by atoms with Crippen molar-refractivity contribution in [1.29, 1.82) is 0 Å². The minimum atomic E-state index is -1.13. The number of esters is 2. The Morgan fingerprint density at radius 3 is 2.00 bits per heavy atom. The highest BCUT2D eigenvalue weighted by Gasteiger charge is 2.29. The highest BCUT2D eigenvalue weighted by atomic mass is 79.9. The molecule has 0 saturated heterocycles. The van der Waals surface area contributed by atoms with E-state index in [1.165, 1.54) is 12.1 Å². The molecular formula is C32H43Br2N3O8. The number of nitrogens with one attached hydrogen (secondary N) is 2. The third kappa shape index (κ3) is 15.0. The van der Waals surface area contributed by atoms with Crippen molar-refractivity contribution in [2.24, 2.45) is 0 Å². The van der Waals surface area contributed by atoms with Crippen LogP contribution >= 0.6 is 31.9 Å². The summed E-state index contributed by atoms with van der Waals surface area (Å²) in [6, 6.07) is 12.7. The van der Waals surface area contributed by atoms with Crippen LogP contribution in [0.25, 0.3) is 0 Å². The highest BCUT2D eigenvalue weighted by Crippen LogP contribution is 2.26. The number of halogens is 2. The molecule has 0 aromatic heterocycles. The van der Waals surface area contributed by atoms with Gasteiger partial charge in [-0.05, 0) is 77.8 Å². The van der Waals surface area contributed by atoms with Crippen LogP contribution in [-0.4, -0.2) is 65.1 Å². The fraction of sp³-hybridized carbons (Fsp3) is 0.500. The Kier molecular flexibility index (Phi) is 15.1. The Morgan fingerprint density at radius 2 is 1.42 bits per heavy atom. The molecule has 0 aliphatic heterocycles. The van der Waals surface area contributed by atoms with Crippen LogP contribution in [0.5, 0.6) is 5.75 Å². The number of nitrogens with zero attached hydrogens (tertiary/aromatic N) is 1. The summed E-state index contributed by atoms with van der Waals surface area (Å²) in [5, 5.41) is 6.84.